The van der Waals surface area contributed by atoms with E-state index < -0.39 is 28.5 Å². The lowest BCUT2D eigenvalue weighted by molar-refractivity contribution is -0.141. The molecule has 2 amide bonds. The van der Waals surface area contributed by atoms with E-state index in [-0.39, 0.29) is 29.8 Å². The second-order valence-electron chi connectivity index (χ2n) is 9.61. The molecule has 0 fully saturated rings. The highest BCUT2D eigenvalue weighted by Gasteiger charge is 2.33. The highest BCUT2D eigenvalue weighted by Crippen LogP contribution is 2.21. The number of carbonyl (C=O) groups is 2. The molecule has 2 atom stereocenters. The number of ether oxygens (including phenoxy) is 1. The Kier molecular flexibility index (Phi) is 11.1. The molecule has 0 saturated carbocycles. The minimum atomic E-state index is -3.99. The van der Waals surface area contributed by atoms with Crippen molar-refractivity contribution in [2.75, 3.05) is 20.7 Å². The first-order valence-corrected chi connectivity index (χ1v) is 14.9. The molecule has 1 N–H and O–H groups in total. The normalized spacial score (nSPS) is 12.9. The average molecular weight is 586 g/mol. The Bertz CT molecular complexity index is 1380. The van der Waals surface area contributed by atoms with Crippen molar-refractivity contribution in [3.8, 4) is 5.75 Å². The van der Waals surface area contributed by atoms with Crippen molar-refractivity contribution in [2.24, 2.45) is 0 Å². The Labute approximate surface area is 241 Å². The number of nitrogens with zero attached hydrogens (tertiary/aromatic N) is 2. The van der Waals surface area contributed by atoms with Crippen molar-refractivity contribution in [1.29, 1.82) is 0 Å². The number of hydrogen-bond donors (Lipinski definition) is 1. The monoisotopic (exact) mass is 585 g/mol. The summed E-state index contributed by atoms with van der Waals surface area (Å²) in [6.45, 7) is 3.48. The molecule has 0 heterocycles. The number of halogens is 1. The molecule has 0 saturated heterocycles. The molecule has 10 heteroatoms. The Balaban J connectivity index is 1.99. The smallest absolute Gasteiger partial charge is 0.243 e. The van der Waals surface area contributed by atoms with Crippen molar-refractivity contribution in [2.45, 2.75) is 50.2 Å². The first-order chi connectivity index (χ1) is 19.0. The van der Waals surface area contributed by atoms with Crippen LogP contribution >= 0.6 is 11.6 Å². The molecule has 0 aromatic heterocycles. The van der Waals surface area contributed by atoms with Crippen LogP contribution in [-0.2, 0) is 32.6 Å². The van der Waals surface area contributed by atoms with Crippen LogP contribution in [0.25, 0.3) is 0 Å². The van der Waals surface area contributed by atoms with E-state index in [1.807, 2.05) is 50.2 Å². The maximum Gasteiger partial charge on any atom is 0.243 e. The predicted molar refractivity (Wildman–Crippen MR) is 157 cm³/mol. The number of carbonyl (C=O) groups excluding carboxylic acids is 2. The van der Waals surface area contributed by atoms with E-state index in [2.05, 4.69) is 5.32 Å². The zero-order valence-corrected chi connectivity index (χ0v) is 24.8. The Hall–Kier alpha value is -3.40. The molecule has 3 aromatic rings. The van der Waals surface area contributed by atoms with Crippen LogP contribution in [0.15, 0.2) is 83.8 Å². The molecule has 3 rings (SSSR count). The zero-order valence-electron chi connectivity index (χ0n) is 23.2. The van der Waals surface area contributed by atoms with E-state index in [4.69, 9.17) is 16.3 Å². The highest BCUT2D eigenvalue weighted by molar-refractivity contribution is 7.89. The maximum absolute atomic E-state index is 13.9. The minimum Gasteiger partial charge on any atom is -0.497 e. The van der Waals surface area contributed by atoms with E-state index in [1.165, 1.54) is 36.2 Å². The number of methoxy groups -OCH3 is 1. The van der Waals surface area contributed by atoms with Gasteiger partial charge >= 0.3 is 0 Å². The van der Waals surface area contributed by atoms with Crippen LogP contribution in [0.2, 0.25) is 5.02 Å². The number of likely N-dealkylation sites (N-methyl/N-ethyl adjacent to an activating group) is 1. The van der Waals surface area contributed by atoms with E-state index in [9.17, 15) is 18.0 Å². The number of amides is 2. The summed E-state index contributed by atoms with van der Waals surface area (Å²) in [5, 5.41) is 3.41. The molecule has 0 spiro atoms. The lowest BCUT2D eigenvalue weighted by Crippen LogP contribution is -2.54. The highest BCUT2D eigenvalue weighted by atomic mass is 35.5. The molecule has 0 bridgehead atoms. The first-order valence-electron chi connectivity index (χ1n) is 13.0. The van der Waals surface area contributed by atoms with E-state index >= 15 is 0 Å². The lowest BCUT2D eigenvalue weighted by atomic mass is 10.0. The van der Waals surface area contributed by atoms with Gasteiger partial charge in [-0.2, -0.15) is 4.31 Å². The zero-order chi connectivity index (χ0) is 29.3. The van der Waals surface area contributed by atoms with Gasteiger partial charge in [-0.1, -0.05) is 61.0 Å². The number of nitrogens with one attached hydrogen (secondary N) is 1. The molecule has 3 aromatic carbocycles. The summed E-state index contributed by atoms with van der Waals surface area (Å²) in [5.41, 5.74) is 1.61. The van der Waals surface area contributed by atoms with Crippen LogP contribution in [0, 0.1) is 0 Å². The second kappa shape index (κ2) is 14.3. The Morgan fingerprint density at radius 3 is 2.25 bits per heavy atom. The molecule has 214 valence electrons. The van der Waals surface area contributed by atoms with Gasteiger partial charge in [0.1, 0.15) is 11.8 Å². The molecule has 0 radical (unpaired) electrons. The molecule has 8 nitrogen and oxygen atoms in total. The van der Waals surface area contributed by atoms with E-state index in [0.29, 0.717) is 10.8 Å². The summed E-state index contributed by atoms with van der Waals surface area (Å²) in [6.07, 6.45) is 0.974. The summed E-state index contributed by atoms with van der Waals surface area (Å²) in [5.74, 6) is -0.211. The average Bonchev–Trinajstić information content (AvgIpc) is 2.95. The number of hydrogen-bond acceptors (Lipinski definition) is 5. The standard InChI is InChI=1S/C30H36ClN3O5S/c1-5-22(2)32-30(36)28(19-23-10-7-6-8-11-23)34(20-24-12-9-13-26(18-24)39-4)29(35)21-33(3)40(37,38)27-16-14-25(31)15-17-27/h6-18,22,28H,5,19-21H2,1-4H3,(H,32,36). The van der Waals surface area contributed by atoms with Gasteiger partial charge in [-0.3, -0.25) is 9.59 Å². The quantitative estimate of drug-likeness (QED) is 0.318. The fraction of sp³-hybridized carbons (Fsp3) is 0.333. The molecular formula is C30H36ClN3O5S. The Morgan fingerprint density at radius 1 is 0.975 bits per heavy atom. The fourth-order valence-corrected chi connectivity index (χ4v) is 5.36. The minimum absolute atomic E-state index is 0.0156. The van der Waals surface area contributed by atoms with Gasteiger partial charge in [-0.05, 0) is 60.9 Å². The molecule has 0 aliphatic carbocycles. The first kappa shape index (κ1) is 31.1. The van der Waals surface area contributed by atoms with Gasteiger partial charge in [0.2, 0.25) is 21.8 Å². The SMILES string of the molecule is CCC(C)NC(=O)C(Cc1ccccc1)N(Cc1cccc(OC)c1)C(=O)CN(C)S(=O)(=O)c1ccc(Cl)cc1. The van der Waals surface area contributed by atoms with Gasteiger partial charge in [-0.25, -0.2) is 8.42 Å². The third-order valence-electron chi connectivity index (χ3n) is 6.64. The second-order valence-corrected chi connectivity index (χ2v) is 12.1. The van der Waals surface area contributed by atoms with Crippen molar-refractivity contribution in [3.63, 3.8) is 0 Å². The fourth-order valence-electron chi connectivity index (χ4n) is 4.12. The topological polar surface area (TPSA) is 96.0 Å². The molecule has 40 heavy (non-hydrogen) atoms. The van der Waals surface area contributed by atoms with Crippen molar-refractivity contribution in [1.82, 2.24) is 14.5 Å². The molecule has 0 aliphatic heterocycles. The van der Waals surface area contributed by atoms with Crippen molar-refractivity contribution in [3.05, 3.63) is 95.0 Å². The maximum atomic E-state index is 13.9. The van der Waals surface area contributed by atoms with Gasteiger partial charge in [0, 0.05) is 31.1 Å². The molecule has 2 unspecified atom stereocenters. The van der Waals surface area contributed by atoms with Crippen LogP contribution < -0.4 is 10.1 Å². The van der Waals surface area contributed by atoms with E-state index in [0.717, 1.165) is 21.9 Å². The van der Waals surface area contributed by atoms with Crippen LogP contribution in [0.4, 0.5) is 0 Å². The van der Waals surface area contributed by atoms with Gasteiger partial charge in [0.05, 0.1) is 18.6 Å². The van der Waals surface area contributed by atoms with Crippen LogP contribution in [0.5, 0.6) is 5.75 Å². The van der Waals surface area contributed by atoms with Gasteiger partial charge < -0.3 is 15.0 Å². The largest absolute Gasteiger partial charge is 0.497 e. The van der Waals surface area contributed by atoms with Crippen molar-refractivity contribution >= 4 is 33.4 Å². The molecule has 0 aliphatic rings. The van der Waals surface area contributed by atoms with Gasteiger partial charge in [-0.15, -0.1) is 0 Å². The number of benzene rings is 3. The van der Waals surface area contributed by atoms with Crippen molar-refractivity contribution < 1.29 is 22.7 Å². The van der Waals surface area contributed by atoms with Gasteiger partial charge in [0.25, 0.3) is 0 Å². The third-order valence-corrected chi connectivity index (χ3v) is 8.71. The van der Waals surface area contributed by atoms with Crippen LogP contribution in [-0.4, -0.2) is 62.2 Å². The summed E-state index contributed by atoms with van der Waals surface area (Å²) in [7, 11) is -1.09. The lowest BCUT2D eigenvalue weighted by Gasteiger charge is -2.33. The molecular weight excluding hydrogens is 550 g/mol. The van der Waals surface area contributed by atoms with Crippen LogP contribution in [0.1, 0.15) is 31.4 Å². The van der Waals surface area contributed by atoms with Gasteiger partial charge in [0.15, 0.2) is 0 Å². The summed E-state index contributed by atoms with van der Waals surface area (Å²) < 4.78 is 32.8. The summed E-state index contributed by atoms with van der Waals surface area (Å²) >= 11 is 5.93. The Morgan fingerprint density at radius 2 is 1.62 bits per heavy atom. The number of rotatable bonds is 13. The third kappa shape index (κ3) is 8.30. The summed E-state index contributed by atoms with van der Waals surface area (Å²) in [4.78, 5) is 29.0. The van der Waals surface area contributed by atoms with Crippen LogP contribution in [0.3, 0.4) is 0 Å². The van der Waals surface area contributed by atoms with E-state index in [1.54, 1.807) is 25.3 Å². The number of sulfonamides is 1. The summed E-state index contributed by atoms with van der Waals surface area (Å²) in [6, 6.07) is 21.4. The predicted octanol–water partition coefficient (Wildman–Crippen LogP) is 4.52.